The van der Waals surface area contributed by atoms with Crippen LogP contribution in [0.2, 0.25) is 0 Å². The first kappa shape index (κ1) is 9.69. The second-order valence-corrected chi connectivity index (χ2v) is 4.59. The van der Waals surface area contributed by atoms with Crippen molar-refractivity contribution in [1.82, 2.24) is 0 Å². The monoisotopic (exact) mass is 275 g/mol. The average molecular weight is 276 g/mol. The minimum atomic E-state index is 0.974. The first-order valence-corrected chi connectivity index (χ1v) is 5.75. The van der Waals surface area contributed by atoms with Gasteiger partial charge in [0.1, 0.15) is 0 Å². The zero-order chi connectivity index (χ0) is 11.1. The highest BCUT2D eigenvalue weighted by molar-refractivity contribution is 9.10. The summed E-state index contributed by atoms with van der Waals surface area (Å²) in [6.45, 7) is 0. The highest BCUT2D eigenvalue weighted by atomic mass is 79.9. The Hall–Kier alpha value is -1.52. The Kier molecular flexibility index (Phi) is 2.12. The first-order chi connectivity index (χ1) is 7.75. The number of rotatable bonds is 0. The van der Waals surface area contributed by atoms with Gasteiger partial charge in [0, 0.05) is 4.47 Å². The number of para-hydroxylation sites is 2. The lowest BCUT2D eigenvalue weighted by atomic mass is 10.1. The van der Waals surface area contributed by atoms with Crippen molar-refractivity contribution in [1.29, 1.82) is 0 Å². The molecular weight excluding hydrogens is 266 g/mol. The molecule has 0 amide bonds. The highest BCUT2D eigenvalue weighted by Crippen LogP contribution is 2.42. The fourth-order valence-corrected chi connectivity index (χ4v) is 2.24. The Morgan fingerprint density at radius 3 is 2.62 bits per heavy atom. The van der Waals surface area contributed by atoms with E-state index in [0.717, 1.165) is 27.2 Å². The van der Waals surface area contributed by atoms with Crippen molar-refractivity contribution in [3.8, 4) is 0 Å². The smallest absolute Gasteiger partial charge is 0.0811 e. The Bertz CT molecular complexity index is 554. The van der Waals surface area contributed by atoms with Gasteiger partial charge < -0.3 is 5.32 Å². The SMILES string of the molecule is NN1c2ccccc2Nc2cc(Br)ccc21. The fourth-order valence-electron chi connectivity index (χ4n) is 1.88. The van der Waals surface area contributed by atoms with Gasteiger partial charge >= 0.3 is 0 Å². The molecule has 80 valence electrons. The lowest BCUT2D eigenvalue weighted by Crippen LogP contribution is -2.29. The second kappa shape index (κ2) is 3.50. The zero-order valence-electron chi connectivity index (χ0n) is 8.44. The molecule has 3 rings (SSSR count). The third kappa shape index (κ3) is 1.38. The van der Waals surface area contributed by atoms with Crippen LogP contribution in [0.25, 0.3) is 0 Å². The molecule has 0 saturated carbocycles. The van der Waals surface area contributed by atoms with Gasteiger partial charge in [-0.25, -0.2) is 5.84 Å². The van der Waals surface area contributed by atoms with Crippen LogP contribution in [-0.4, -0.2) is 0 Å². The summed E-state index contributed by atoms with van der Waals surface area (Å²) in [6, 6.07) is 14.0. The number of hydrazine groups is 1. The van der Waals surface area contributed by atoms with Gasteiger partial charge in [-0.3, -0.25) is 5.01 Å². The maximum Gasteiger partial charge on any atom is 0.0811 e. The Morgan fingerprint density at radius 1 is 1.00 bits per heavy atom. The molecule has 0 saturated heterocycles. The van der Waals surface area contributed by atoms with E-state index in [2.05, 4.69) is 21.2 Å². The summed E-state index contributed by atoms with van der Waals surface area (Å²) < 4.78 is 1.03. The van der Waals surface area contributed by atoms with Crippen molar-refractivity contribution in [2.24, 2.45) is 5.84 Å². The summed E-state index contributed by atoms with van der Waals surface area (Å²) >= 11 is 3.45. The number of fused-ring (bicyclic) bond motifs is 2. The van der Waals surface area contributed by atoms with Gasteiger partial charge in [-0.1, -0.05) is 28.1 Å². The van der Waals surface area contributed by atoms with Crippen LogP contribution < -0.4 is 16.2 Å². The van der Waals surface area contributed by atoms with Gasteiger partial charge in [0.15, 0.2) is 0 Å². The number of hydrogen-bond acceptors (Lipinski definition) is 3. The van der Waals surface area contributed by atoms with E-state index in [1.807, 2.05) is 42.5 Å². The number of halogens is 1. The largest absolute Gasteiger partial charge is 0.352 e. The van der Waals surface area contributed by atoms with E-state index >= 15 is 0 Å². The third-order valence-electron chi connectivity index (χ3n) is 2.65. The fraction of sp³-hybridized carbons (Fsp3) is 0. The number of nitrogens with two attached hydrogens (primary N) is 1. The van der Waals surface area contributed by atoms with E-state index in [1.165, 1.54) is 0 Å². The molecule has 2 aromatic carbocycles. The van der Waals surface area contributed by atoms with E-state index < -0.39 is 0 Å². The van der Waals surface area contributed by atoms with Crippen LogP contribution in [0.3, 0.4) is 0 Å². The van der Waals surface area contributed by atoms with E-state index in [1.54, 1.807) is 5.01 Å². The van der Waals surface area contributed by atoms with Crippen molar-refractivity contribution in [2.75, 3.05) is 10.3 Å². The molecule has 3 nitrogen and oxygen atoms in total. The Labute approximate surface area is 102 Å². The van der Waals surface area contributed by atoms with Crippen LogP contribution in [0.5, 0.6) is 0 Å². The van der Waals surface area contributed by atoms with Crippen LogP contribution in [0.1, 0.15) is 0 Å². The molecule has 0 radical (unpaired) electrons. The number of benzene rings is 2. The summed E-state index contributed by atoms with van der Waals surface area (Å²) in [6.07, 6.45) is 0. The molecule has 0 fully saturated rings. The lowest BCUT2D eigenvalue weighted by molar-refractivity contribution is 1.07. The number of nitrogens with one attached hydrogen (secondary N) is 1. The number of hydrogen-bond donors (Lipinski definition) is 2. The van der Waals surface area contributed by atoms with Gasteiger partial charge in [-0.2, -0.15) is 0 Å². The van der Waals surface area contributed by atoms with E-state index in [-0.39, 0.29) is 0 Å². The zero-order valence-corrected chi connectivity index (χ0v) is 10.0. The second-order valence-electron chi connectivity index (χ2n) is 3.67. The normalized spacial score (nSPS) is 12.8. The standard InChI is InChI=1S/C12H10BrN3/c13-8-5-6-12-10(7-8)15-9-3-1-2-4-11(9)16(12)14/h1-7,15H,14H2. The van der Waals surface area contributed by atoms with Gasteiger partial charge in [0.2, 0.25) is 0 Å². The van der Waals surface area contributed by atoms with Crippen LogP contribution in [0.4, 0.5) is 22.7 Å². The molecule has 0 bridgehead atoms. The summed E-state index contributed by atoms with van der Waals surface area (Å²) in [5.41, 5.74) is 3.99. The van der Waals surface area contributed by atoms with Crippen LogP contribution >= 0.6 is 15.9 Å². The Morgan fingerprint density at radius 2 is 1.75 bits per heavy atom. The average Bonchev–Trinajstić information content (AvgIpc) is 2.29. The van der Waals surface area contributed by atoms with Crippen LogP contribution in [0.15, 0.2) is 46.9 Å². The molecule has 1 aliphatic heterocycles. The summed E-state index contributed by atoms with van der Waals surface area (Å²) in [5, 5.41) is 5.06. The van der Waals surface area contributed by atoms with Crippen molar-refractivity contribution >= 4 is 38.7 Å². The van der Waals surface area contributed by atoms with Gasteiger partial charge in [0.25, 0.3) is 0 Å². The predicted molar refractivity (Wildman–Crippen MR) is 70.2 cm³/mol. The molecule has 0 atom stereocenters. The Balaban J connectivity index is 2.18. The molecule has 0 aromatic heterocycles. The van der Waals surface area contributed by atoms with Gasteiger partial charge in [-0.05, 0) is 30.3 Å². The van der Waals surface area contributed by atoms with Crippen molar-refractivity contribution in [2.45, 2.75) is 0 Å². The minimum Gasteiger partial charge on any atom is -0.352 e. The maximum atomic E-state index is 6.09. The molecular formula is C12H10BrN3. The molecule has 16 heavy (non-hydrogen) atoms. The topological polar surface area (TPSA) is 41.3 Å². The van der Waals surface area contributed by atoms with E-state index in [0.29, 0.717) is 0 Å². The molecule has 1 heterocycles. The lowest BCUT2D eigenvalue weighted by Gasteiger charge is -2.30. The highest BCUT2D eigenvalue weighted by Gasteiger charge is 2.19. The molecule has 3 N–H and O–H groups in total. The van der Waals surface area contributed by atoms with Crippen molar-refractivity contribution < 1.29 is 0 Å². The van der Waals surface area contributed by atoms with Crippen LogP contribution in [-0.2, 0) is 0 Å². The van der Waals surface area contributed by atoms with E-state index in [4.69, 9.17) is 5.84 Å². The maximum absolute atomic E-state index is 6.09. The van der Waals surface area contributed by atoms with Crippen LogP contribution in [0, 0.1) is 0 Å². The van der Waals surface area contributed by atoms with E-state index in [9.17, 15) is 0 Å². The molecule has 4 heteroatoms. The minimum absolute atomic E-state index is 0.974. The van der Waals surface area contributed by atoms with Crippen molar-refractivity contribution in [3.05, 3.63) is 46.9 Å². The summed E-state index contributed by atoms with van der Waals surface area (Å²) in [4.78, 5) is 0. The number of nitrogens with zero attached hydrogens (tertiary/aromatic N) is 1. The number of anilines is 4. The summed E-state index contributed by atoms with van der Waals surface area (Å²) in [5.74, 6) is 6.09. The molecule has 0 unspecified atom stereocenters. The molecule has 2 aromatic rings. The van der Waals surface area contributed by atoms with Crippen molar-refractivity contribution in [3.63, 3.8) is 0 Å². The summed E-state index contributed by atoms with van der Waals surface area (Å²) in [7, 11) is 0. The molecule has 0 aliphatic carbocycles. The molecule has 0 spiro atoms. The van der Waals surface area contributed by atoms with Gasteiger partial charge in [0.05, 0.1) is 22.7 Å². The predicted octanol–water partition coefficient (Wildman–Crippen LogP) is 3.52. The first-order valence-electron chi connectivity index (χ1n) is 4.96. The quantitative estimate of drug-likeness (QED) is 0.723. The third-order valence-corrected chi connectivity index (χ3v) is 3.14. The van der Waals surface area contributed by atoms with Gasteiger partial charge in [-0.15, -0.1) is 0 Å². The molecule has 1 aliphatic rings.